The molecule has 1 aromatic carbocycles. The lowest BCUT2D eigenvalue weighted by atomic mass is 9.95. The molecule has 1 aliphatic rings. The van der Waals surface area contributed by atoms with Gasteiger partial charge in [-0.2, -0.15) is 5.26 Å². The molecule has 0 radical (unpaired) electrons. The summed E-state index contributed by atoms with van der Waals surface area (Å²) in [5, 5.41) is 12.6. The van der Waals surface area contributed by atoms with Gasteiger partial charge in [0.15, 0.2) is 0 Å². The number of rotatable bonds is 3. The fourth-order valence-corrected chi connectivity index (χ4v) is 3.33. The average molecular weight is 313 g/mol. The number of aromatic nitrogens is 1. The van der Waals surface area contributed by atoms with E-state index >= 15 is 0 Å². The predicted octanol–water partition coefficient (Wildman–Crippen LogP) is 3.78. The van der Waals surface area contributed by atoms with Gasteiger partial charge in [0.1, 0.15) is 17.4 Å². The molecule has 5 heteroatoms. The molecule has 3 rings (SSSR count). The third-order valence-corrected chi connectivity index (χ3v) is 4.59. The van der Waals surface area contributed by atoms with E-state index in [0.29, 0.717) is 17.7 Å². The first-order valence-electron chi connectivity index (χ1n) is 8.17. The van der Waals surface area contributed by atoms with E-state index in [9.17, 15) is 9.18 Å². The van der Waals surface area contributed by atoms with Crippen molar-refractivity contribution in [1.82, 2.24) is 4.57 Å². The largest absolute Gasteiger partial charge is 0.380 e. The van der Waals surface area contributed by atoms with Gasteiger partial charge in [-0.25, -0.2) is 4.39 Å². The minimum atomic E-state index is -0.432. The van der Waals surface area contributed by atoms with Gasteiger partial charge in [-0.05, 0) is 31.9 Å². The van der Waals surface area contributed by atoms with E-state index < -0.39 is 11.2 Å². The zero-order valence-corrected chi connectivity index (χ0v) is 13.2. The number of pyridine rings is 1. The molecule has 23 heavy (non-hydrogen) atoms. The number of benzene rings is 1. The Morgan fingerprint density at radius 2 is 2.09 bits per heavy atom. The number of aryl methyl sites for hydroxylation is 1. The topological polar surface area (TPSA) is 57.8 Å². The second kappa shape index (κ2) is 6.41. The Kier molecular flexibility index (Phi) is 4.33. The molecule has 0 aliphatic heterocycles. The average Bonchev–Trinajstić information content (AvgIpc) is 2.58. The van der Waals surface area contributed by atoms with Crippen molar-refractivity contribution in [2.45, 2.75) is 51.6 Å². The summed E-state index contributed by atoms with van der Waals surface area (Å²) in [5.74, 6) is -0.432. The van der Waals surface area contributed by atoms with Crippen LogP contribution in [0.5, 0.6) is 0 Å². The second-order valence-electron chi connectivity index (χ2n) is 6.10. The van der Waals surface area contributed by atoms with Crippen molar-refractivity contribution in [2.24, 2.45) is 0 Å². The van der Waals surface area contributed by atoms with Crippen LogP contribution in [0.15, 0.2) is 23.1 Å². The van der Waals surface area contributed by atoms with Crippen molar-refractivity contribution in [3.8, 4) is 6.07 Å². The summed E-state index contributed by atoms with van der Waals surface area (Å²) < 4.78 is 16.3. The van der Waals surface area contributed by atoms with E-state index in [0.717, 1.165) is 25.7 Å². The lowest BCUT2D eigenvalue weighted by Crippen LogP contribution is -2.23. The van der Waals surface area contributed by atoms with Crippen LogP contribution in [0.4, 0.5) is 10.1 Å². The molecule has 4 nitrogen and oxygen atoms in total. The minimum absolute atomic E-state index is 0.0479. The number of hydrogen-bond acceptors (Lipinski definition) is 3. The smallest absolute Gasteiger partial charge is 0.207 e. The third-order valence-electron chi connectivity index (χ3n) is 4.59. The van der Waals surface area contributed by atoms with Gasteiger partial charge in [0.05, 0.1) is 16.6 Å². The van der Waals surface area contributed by atoms with Crippen LogP contribution in [-0.2, 0) is 6.54 Å². The van der Waals surface area contributed by atoms with E-state index in [4.69, 9.17) is 5.26 Å². The molecule has 1 fully saturated rings. The Morgan fingerprint density at radius 1 is 1.35 bits per heavy atom. The number of nitrogens with zero attached hydrogens (tertiary/aromatic N) is 2. The summed E-state index contributed by atoms with van der Waals surface area (Å²) in [7, 11) is 0. The Morgan fingerprint density at radius 3 is 2.74 bits per heavy atom. The first kappa shape index (κ1) is 15.5. The summed E-state index contributed by atoms with van der Waals surface area (Å²) in [5.41, 5.74) is 0.744. The predicted molar refractivity (Wildman–Crippen MR) is 89.1 cm³/mol. The highest BCUT2D eigenvalue weighted by molar-refractivity contribution is 5.84. The van der Waals surface area contributed by atoms with Crippen LogP contribution < -0.4 is 10.7 Å². The zero-order valence-electron chi connectivity index (χ0n) is 13.2. The molecule has 120 valence electrons. The van der Waals surface area contributed by atoms with E-state index in [1.165, 1.54) is 12.5 Å². The van der Waals surface area contributed by atoms with Crippen LogP contribution >= 0.6 is 0 Å². The van der Waals surface area contributed by atoms with Crippen molar-refractivity contribution in [3.05, 3.63) is 39.9 Å². The number of nitrogens with one attached hydrogen (secondary N) is 1. The molecule has 0 saturated heterocycles. The normalized spacial score (nSPS) is 15.5. The Labute approximate surface area is 134 Å². The van der Waals surface area contributed by atoms with Crippen molar-refractivity contribution in [3.63, 3.8) is 0 Å². The van der Waals surface area contributed by atoms with Gasteiger partial charge >= 0.3 is 0 Å². The quantitative estimate of drug-likeness (QED) is 0.938. The standard InChI is InChI=1S/C18H20FN3O/c1-2-22-11-12(10-20)18(23)14-8-15(19)16(9-17(14)22)21-13-6-4-3-5-7-13/h8-9,11,13,21H,2-7H2,1H3. The summed E-state index contributed by atoms with van der Waals surface area (Å²) in [6.45, 7) is 2.54. The highest BCUT2D eigenvalue weighted by Crippen LogP contribution is 2.26. The van der Waals surface area contributed by atoms with Gasteiger partial charge in [0.2, 0.25) is 5.43 Å². The number of hydrogen-bond donors (Lipinski definition) is 1. The number of fused-ring (bicyclic) bond motifs is 1. The van der Waals surface area contributed by atoms with Crippen molar-refractivity contribution in [2.75, 3.05) is 5.32 Å². The van der Waals surface area contributed by atoms with Gasteiger partial charge in [-0.1, -0.05) is 19.3 Å². The maximum atomic E-state index is 14.4. The SMILES string of the molecule is CCn1cc(C#N)c(=O)c2cc(F)c(NC3CCCCC3)cc21. The van der Waals surface area contributed by atoms with Gasteiger partial charge in [-0.15, -0.1) is 0 Å². The van der Waals surface area contributed by atoms with Crippen LogP contribution in [0.3, 0.4) is 0 Å². The van der Waals surface area contributed by atoms with E-state index in [2.05, 4.69) is 5.32 Å². The summed E-state index contributed by atoms with van der Waals surface area (Å²) >= 11 is 0. The highest BCUT2D eigenvalue weighted by Gasteiger charge is 2.17. The molecule has 0 spiro atoms. The lowest BCUT2D eigenvalue weighted by molar-refractivity contribution is 0.460. The molecule has 1 N–H and O–H groups in total. The van der Waals surface area contributed by atoms with E-state index in [-0.39, 0.29) is 17.0 Å². The van der Waals surface area contributed by atoms with Crippen LogP contribution in [0.1, 0.15) is 44.6 Å². The van der Waals surface area contributed by atoms with Crippen LogP contribution in [0, 0.1) is 17.1 Å². The van der Waals surface area contributed by atoms with Gasteiger partial charge in [0.25, 0.3) is 0 Å². The highest BCUT2D eigenvalue weighted by atomic mass is 19.1. The number of halogens is 1. The summed E-state index contributed by atoms with van der Waals surface area (Å²) in [6.07, 6.45) is 7.21. The Bertz CT molecular complexity index is 829. The number of nitriles is 1. The first-order chi connectivity index (χ1) is 11.1. The molecule has 0 amide bonds. The van der Waals surface area contributed by atoms with E-state index in [1.807, 2.05) is 17.6 Å². The molecule has 0 atom stereocenters. The monoisotopic (exact) mass is 313 g/mol. The summed E-state index contributed by atoms with van der Waals surface area (Å²) in [6, 6.07) is 5.14. The fourth-order valence-electron chi connectivity index (χ4n) is 3.33. The first-order valence-corrected chi connectivity index (χ1v) is 8.17. The van der Waals surface area contributed by atoms with Gasteiger partial charge < -0.3 is 9.88 Å². The van der Waals surface area contributed by atoms with Crippen LogP contribution in [0.2, 0.25) is 0 Å². The zero-order chi connectivity index (χ0) is 16.4. The minimum Gasteiger partial charge on any atom is -0.380 e. The molecule has 1 heterocycles. The molecule has 2 aromatic rings. The molecule has 0 unspecified atom stereocenters. The van der Waals surface area contributed by atoms with Crippen molar-refractivity contribution in [1.29, 1.82) is 5.26 Å². The van der Waals surface area contributed by atoms with E-state index in [1.54, 1.807) is 12.3 Å². The molecule has 1 saturated carbocycles. The van der Waals surface area contributed by atoms with Crippen molar-refractivity contribution >= 4 is 16.6 Å². The molecular weight excluding hydrogens is 293 g/mol. The van der Waals surface area contributed by atoms with Gasteiger partial charge in [0, 0.05) is 18.8 Å². The molecule has 1 aliphatic carbocycles. The molecule has 0 bridgehead atoms. The maximum absolute atomic E-state index is 14.4. The fraction of sp³-hybridized carbons (Fsp3) is 0.444. The maximum Gasteiger partial charge on any atom is 0.207 e. The van der Waals surface area contributed by atoms with Gasteiger partial charge in [-0.3, -0.25) is 4.79 Å². The Balaban J connectivity index is 2.09. The van der Waals surface area contributed by atoms with Crippen molar-refractivity contribution < 1.29 is 4.39 Å². The summed E-state index contributed by atoms with van der Waals surface area (Å²) in [4.78, 5) is 12.3. The second-order valence-corrected chi connectivity index (χ2v) is 6.10. The van der Waals surface area contributed by atoms with Crippen LogP contribution in [0.25, 0.3) is 10.9 Å². The lowest BCUT2D eigenvalue weighted by Gasteiger charge is -2.24. The third kappa shape index (κ3) is 2.94. The number of anilines is 1. The Hall–Kier alpha value is -2.35. The molecule has 1 aromatic heterocycles. The van der Waals surface area contributed by atoms with Crippen LogP contribution in [-0.4, -0.2) is 10.6 Å². The molecular formula is C18H20FN3O.